The van der Waals surface area contributed by atoms with Crippen molar-refractivity contribution < 1.29 is 0 Å². The molecule has 80 valence electrons. The predicted molar refractivity (Wildman–Crippen MR) is 63.2 cm³/mol. The van der Waals surface area contributed by atoms with Crippen molar-refractivity contribution in [2.75, 3.05) is 7.05 Å². The molecule has 0 aliphatic carbocycles. The maximum Gasteiger partial charge on any atom is 0.116 e. The summed E-state index contributed by atoms with van der Waals surface area (Å²) in [6.07, 6.45) is 4.48. The summed E-state index contributed by atoms with van der Waals surface area (Å²) < 4.78 is 0. The molecule has 1 aliphatic heterocycles. The maximum absolute atomic E-state index is 4.41. The Morgan fingerprint density at radius 1 is 1.25 bits per heavy atom. The molecule has 0 N–H and O–H groups in total. The van der Waals surface area contributed by atoms with Crippen molar-refractivity contribution in [2.45, 2.75) is 12.5 Å². The van der Waals surface area contributed by atoms with E-state index in [9.17, 15) is 0 Å². The Labute approximate surface area is 93.6 Å². The van der Waals surface area contributed by atoms with Gasteiger partial charge in [-0.1, -0.05) is 18.2 Å². The molecule has 3 rings (SSSR count). The van der Waals surface area contributed by atoms with Crippen molar-refractivity contribution in [3.63, 3.8) is 0 Å². The van der Waals surface area contributed by atoms with E-state index in [-0.39, 0.29) is 6.04 Å². The number of rotatable bonds is 1. The van der Waals surface area contributed by atoms with Gasteiger partial charge in [0, 0.05) is 25.1 Å². The molecule has 0 radical (unpaired) electrons. The molecule has 1 aliphatic rings. The summed E-state index contributed by atoms with van der Waals surface area (Å²) in [6.45, 7) is 0. The van der Waals surface area contributed by atoms with Crippen LogP contribution in [0.2, 0.25) is 0 Å². The fourth-order valence-electron chi connectivity index (χ4n) is 2.09. The zero-order valence-corrected chi connectivity index (χ0v) is 9.04. The first kappa shape index (κ1) is 9.27. The van der Waals surface area contributed by atoms with Crippen molar-refractivity contribution in [2.24, 2.45) is 5.10 Å². The Bertz CT molecular complexity index is 544. The third kappa shape index (κ3) is 1.34. The standard InChI is InChI=1S/C12H12N4/c1-16-11(6-7-15-16)12-9-4-2-3-5-10(9)13-8-14-12/h2-5,7-8,11H,6H2,1H3. The lowest BCUT2D eigenvalue weighted by molar-refractivity contribution is 0.286. The zero-order valence-electron chi connectivity index (χ0n) is 9.04. The summed E-state index contributed by atoms with van der Waals surface area (Å²) in [5.74, 6) is 0. The van der Waals surface area contributed by atoms with Gasteiger partial charge in [-0.25, -0.2) is 9.97 Å². The molecule has 1 unspecified atom stereocenters. The highest BCUT2D eigenvalue weighted by atomic mass is 15.5. The summed E-state index contributed by atoms with van der Waals surface area (Å²) >= 11 is 0. The molecule has 1 aromatic heterocycles. The predicted octanol–water partition coefficient (Wildman–Crippen LogP) is 1.99. The number of hydrogen-bond acceptors (Lipinski definition) is 4. The lowest BCUT2D eigenvalue weighted by Gasteiger charge is -2.19. The van der Waals surface area contributed by atoms with Gasteiger partial charge in [0.1, 0.15) is 6.33 Å². The number of fused-ring (bicyclic) bond motifs is 1. The van der Waals surface area contributed by atoms with Crippen molar-refractivity contribution >= 4 is 17.1 Å². The molecule has 1 aromatic carbocycles. The highest BCUT2D eigenvalue weighted by Crippen LogP contribution is 2.29. The summed E-state index contributed by atoms with van der Waals surface area (Å²) in [7, 11) is 1.98. The lowest BCUT2D eigenvalue weighted by atomic mass is 10.1. The SMILES string of the molecule is CN1N=CCC1c1ncnc2ccccc12. The first-order valence-corrected chi connectivity index (χ1v) is 5.31. The van der Waals surface area contributed by atoms with Crippen LogP contribution in [0, 0.1) is 0 Å². The molecule has 4 heteroatoms. The van der Waals surface area contributed by atoms with Crippen LogP contribution in [0.1, 0.15) is 18.2 Å². The Hall–Kier alpha value is -1.97. The second kappa shape index (κ2) is 3.56. The average Bonchev–Trinajstić information content (AvgIpc) is 2.75. The van der Waals surface area contributed by atoms with Crippen LogP contribution in [0.15, 0.2) is 35.7 Å². The largest absolute Gasteiger partial charge is 0.291 e. The average molecular weight is 212 g/mol. The van der Waals surface area contributed by atoms with E-state index in [2.05, 4.69) is 21.1 Å². The van der Waals surface area contributed by atoms with Crippen molar-refractivity contribution in [3.05, 3.63) is 36.3 Å². The Morgan fingerprint density at radius 3 is 2.94 bits per heavy atom. The number of nitrogens with zero attached hydrogens (tertiary/aromatic N) is 4. The molecule has 16 heavy (non-hydrogen) atoms. The van der Waals surface area contributed by atoms with Crippen LogP contribution in [-0.4, -0.2) is 28.2 Å². The topological polar surface area (TPSA) is 41.4 Å². The van der Waals surface area contributed by atoms with Crippen LogP contribution < -0.4 is 0 Å². The van der Waals surface area contributed by atoms with E-state index in [1.807, 2.05) is 36.5 Å². The molecule has 1 atom stereocenters. The van der Waals surface area contributed by atoms with Gasteiger partial charge >= 0.3 is 0 Å². The highest BCUT2D eigenvalue weighted by molar-refractivity contribution is 5.81. The quantitative estimate of drug-likeness (QED) is 0.726. The van der Waals surface area contributed by atoms with Crippen molar-refractivity contribution in [1.82, 2.24) is 15.0 Å². The summed E-state index contributed by atoms with van der Waals surface area (Å²) in [6, 6.07) is 8.33. The normalized spacial score (nSPS) is 19.6. The van der Waals surface area contributed by atoms with Crippen molar-refractivity contribution in [3.8, 4) is 0 Å². The van der Waals surface area contributed by atoms with E-state index in [1.54, 1.807) is 6.33 Å². The minimum atomic E-state index is 0.243. The highest BCUT2D eigenvalue weighted by Gasteiger charge is 2.22. The van der Waals surface area contributed by atoms with Gasteiger partial charge < -0.3 is 0 Å². The van der Waals surface area contributed by atoms with Crippen molar-refractivity contribution in [1.29, 1.82) is 0 Å². The van der Waals surface area contributed by atoms with Gasteiger partial charge in [0.2, 0.25) is 0 Å². The number of benzene rings is 1. The van der Waals surface area contributed by atoms with E-state index >= 15 is 0 Å². The van der Waals surface area contributed by atoms with Gasteiger partial charge in [0.05, 0.1) is 17.3 Å². The fourth-order valence-corrected chi connectivity index (χ4v) is 2.09. The van der Waals surface area contributed by atoms with Crippen LogP contribution in [0.4, 0.5) is 0 Å². The Balaban J connectivity index is 2.16. The lowest BCUT2D eigenvalue weighted by Crippen LogP contribution is -2.15. The van der Waals surface area contributed by atoms with Gasteiger partial charge in [-0.3, -0.25) is 5.01 Å². The molecule has 0 saturated carbocycles. The smallest absolute Gasteiger partial charge is 0.116 e. The van der Waals surface area contributed by atoms with Gasteiger partial charge in [-0.2, -0.15) is 5.10 Å². The monoisotopic (exact) mass is 212 g/mol. The van der Waals surface area contributed by atoms with Gasteiger partial charge in [-0.05, 0) is 6.07 Å². The number of hydrazone groups is 1. The third-order valence-corrected chi connectivity index (χ3v) is 2.93. The van der Waals surface area contributed by atoms with Gasteiger partial charge in [-0.15, -0.1) is 0 Å². The molecular formula is C12H12N4. The van der Waals surface area contributed by atoms with Crippen LogP contribution in [0.25, 0.3) is 10.9 Å². The molecule has 2 aromatic rings. The van der Waals surface area contributed by atoms with E-state index in [0.29, 0.717) is 0 Å². The molecule has 0 amide bonds. The summed E-state index contributed by atoms with van der Waals surface area (Å²) in [4.78, 5) is 8.67. The molecule has 0 fully saturated rings. The Kier molecular flexibility index (Phi) is 2.06. The Morgan fingerprint density at radius 2 is 2.12 bits per heavy atom. The first-order chi connectivity index (χ1) is 7.86. The maximum atomic E-state index is 4.41. The molecular weight excluding hydrogens is 200 g/mol. The minimum absolute atomic E-state index is 0.243. The van der Waals surface area contributed by atoms with Crippen LogP contribution in [0.3, 0.4) is 0 Å². The second-order valence-electron chi connectivity index (χ2n) is 3.90. The zero-order chi connectivity index (χ0) is 11.0. The molecule has 0 bridgehead atoms. The van der Waals surface area contributed by atoms with E-state index in [0.717, 1.165) is 23.0 Å². The number of aromatic nitrogens is 2. The number of para-hydroxylation sites is 1. The number of hydrogen-bond donors (Lipinski definition) is 0. The van der Waals surface area contributed by atoms with Crippen LogP contribution in [-0.2, 0) is 0 Å². The van der Waals surface area contributed by atoms with Gasteiger partial charge in [0.15, 0.2) is 0 Å². The van der Waals surface area contributed by atoms with E-state index in [4.69, 9.17) is 0 Å². The summed E-state index contributed by atoms with van der Waals surface area (Å²) in [5.41, 5.74) is 2.05. The molecule has 4 nitrogen and oxygen atoms in total. The van der Waals surface area contributed by atoms with Gasteiger partial charge in [0.25, 0.3) is 0 Å². The molecule has 0 saturated heterocycles. The van der Waals surface area contributed by atoms with Crippen LogP contribution in [0.5, 0.6) is 0 Å². The minimum Gasteiger partial charge on any atom is -0.291 e. The molecule has 2 heterocycles. The second-order valence-corrected chi connectivity index (χ2v) is 3.90. The van der Waals surface area contributed by atoms with E-state index in [1.165, 1.54) is 0 Å². The van der Waals surface area contributed by atoms with E-state index < -0.39 is 0 Å². The first-order valence-electron chi connectivity index (χ1n) is 5.31. The van der Waals surface area contributed by atoms with Crippen LogP contribution >= 0.6 is 0 Å². The molecule has 0 spiro atoms. The fraction of sp³-hybridized carbons (Fsp3) is 0.250. The summed E-state index contributed by atoms with van der Waals surface area (Å²) in [5, 5.41) is 7.32. The third-order valence-electron chi connectivity index (χ3n) is 2.93.